The highest BCUT2D eigenvalue weighted by Gasteiger charge is 2.19. The molecule has 4 nitrogen and oxygen atoms in total. The molecule has 0 saturated carbocycles. The average molecular weight is 219 g/mol. The molecule has 0 aliphatic carbocycles. The van der Waals surface area contributed by atoms with Crippen LogP contribution in [0.1, 0.15) is 10.4 Å². The van der Waals surface area contributed by atoms with Gasteiger partial charge in [0.2, 0.25) is 0 Å². The van der Waals surface area contributed by atoms with E-state index in [-0.39, 0.29) is 5.91 Å². The smallest absolute Gasteiger partial charge is 0.251 e. The summed E-state index contributed by atoms with van der Waals surface area (Å²) in [6.07, 6.45) is 0. The first-order valence-electron chi connectivity index (χ1n) is 5.46. The van der Waals surface area contributed by atoms with Crippen LogP contribution in [-0.2, 0) is 0 Å². The summed E-state index contributed by atoms with van der Waals surface area (Å²) in [5.74, 6) is 0.0109. The van der Waals surface area contributed by atoms with Crippen molar-refractivity contribution in [1.82, 2.24) is 10.6 Å². The van der Waals surface area contributed by atoms with Gasteiger partial charge in [-0.1, -0.05) is 0 Å². The molecule has 0 aromatic heterocycles. The fraction of sp³-hybridized carbons (Fsp3) is 0.417. The molecule has 2 N–H and O–H groups in total. The van der Waals surface area contributed by atoms with Gasteiger partial charge in [-0.25, -0.2) is 0 Å². The maximum absolute atomic E-state index is 11.8. The van der Waals surface area contributed by atoms with Gasteiger partial charge in [0, 0.05) is 38.4 Å². The molecule has 2 rings (SSSR count). The second-order valence-corrected chi connectivity index (χ2v) is 4.27. The lowest BCUT2D eigenvalue weighted by Crippen LogP contribution is -2.56. The maximum Gasteiger partial charge on any atom is 0.251 e. The minimum Gasteiger partial charge on any atom is -0.378 e. The zero-order chi connectivity index (χ0) is 11.5. The first-order chi connectivity index (χ1) is 7.66. The SMILES string of the molecule is CN(C)c1ccc(C(=O)NC2CNC2)cc1. The van der Waals surface area contributed by atoms with Gasteiger partial charge < -0.3 is 15.5 Å². The third-order valence-electron chi connectivity index (χ3n) is 2.76. The normalized spacial score (nSPS) is 15.4. The van der Waals surface area contributed by atoms with Crippen LogP contribution >= 0.6 is 0 Å². The van der Waals surface area contributed by atoms with E-state index in [1.54, 1.807) is 0 Å². The number of carbonyl (C=O) groups is 1. The van der Waals surface area contributed by atoms with Gasteiger partial charge in [0.1, 0.15) is 0 Å². The monoisotopic (exact) mass is 219 g/mol. The van der Waals surface area contributed by atoms with Crippen molar-refractivity contribution in [2.24, 2.45) is 0 Å². The molecule has 1 heterocycles. The number of nitrogens with one attached hydrogen (secondary N) is 2. The zero-order valence-electron chi connectivity index (χ0n) is 9.66. The number of amides is 1. The molecule has 0 spiro atoms. The van der Waals surface area contributed by atoms with E-state index in [4.69, 9.17) is 0 Å². The van der Waals surface area contributed by atoms with E-state index in [1.165, 1.54) is 0 Å². The topological polar surface area (TPSA) is 44.4 Å². The fourth-order valence-electron chi connectivity index (χ4n) is 1.57. The van der Waals surface area contributed by atoms with Crippen molar-refractivity contribution >= 4 is 11.6 Å². The standard InChI is InChI=1S/C12H17N3O/c1-15(2)11-5-3-9(4-6-11)12(16)14-10-7-13-8-10/h3-6,10,13H,7-8H2,1-2H3,(H,14,16). The van der Waals surface area contributed by atoms with Crippen LogP contribution in [0.3, 0.4) is 0 Å². The van der Waals surface area contributed by atoms with Gasteiger partial charge in [0.15, 0.2) is 0 Å². The van der Waals surface area contributed by atoms with Crippen molar-refractivity contribution in [1.29, 1.82) is 0 Å². The highest BCUT2D eigenvalue weighted by molar-refractivity contribution is 5.94. The predicted octanol–water partition coefficient (Wildman–Crippen LogP) is 0.454. The first kappa shape index (κ1) is 11.0. The minimum absolute atomic E-state index is 0.0109. The molecule has 0 bridgehead atoms. The van der Waals surface area contributed by atoms with Crippen molar-refractivity contribution in [2.45, 2.75) is 6.04 Å². The van der Waals surface area contributed by atoms with Crippen LogP contribution < -0.4 is 15.5 Å². The average Bonchev–Trinajstić information content (AvgIpc) is 2.23. The fourth-order valence-corrected chi connectivity index (χ4v) is 1.57. The van der Waals surface area contributed by atoms with Crippen LogP contribution in [0.4, 0.5) is 5.69 Å². The Morgan fingerprint density at radius 2 is 1.94 bits per heavy atom. The highest BCUT2D eigenvalue weighted by atomic mass is 16.1. The number of nitrogens with zero attached hydrogens (tertiary/aromatic N) is 1. The Hall–Kier alpha value is -1.55. The molecule has 0 unspecified atom stereocenters. The van der Waals surface area contributed by atoms with Crippen molar-refractivity contribution in [3.63, 3.8) is 0 Å². The van der Waals surface area contributed by atoms with Gasteiger partial charge in [-0.05, 0) is 24.3 Å². The predicted molar refractivity (Wildman–Crippen MR) is 64.9 cm³/mol. The summed E-state index contributed by atoms with van der Waals surface area (Å²) in [7, 11) is 3.96. The van der Waals surface area contributed by atoms with Crippen LogP contribution in [0, 0.1) is 0 Å². The molecule has 1 fully saturated rings. The minimum atomic E-state index is 0.0109. The van der Waals surface area contributed by atoms with E-state index in [1.807, 2.05) is 43.3 Å². The summed E-state index contributed by atoms with van der Waals surface area (Å²) in [4.78, 5) is 13.8. The number of hydrogen-bond acceptors (Lipinski definition) is 3. The first-order valence-corrected chi connectivity index (χ1v) is 5.46. The lowest BCUT2D eigenvalue weighted by Gasteiger charge is -2.28. The van der Waals surface area contributed by atoms with Crippen LogP contribution in [0.5, 0.6) is 0 Å². The summed E-state index contributed by atoms with van der Waals surface area (Å²) in [5.41, 5.74) is 1.82. The van der Waals surface area contributed by atoms with E-state index in [9.17, 15) is 4.79 Å². The molecule has 1 saturated heterocycles. The van der Waals surface area contributed by atoms with E-state index in [2.05, 4.69) is 10.6 Å². The molecule has 1 aromatic rings. The molecule has 86 valence electrons. The molecule has 1 aliphatic rings. The molecule has 4 heteroatoms. The quantitative estimate of drug-likeness (QED) is 0.776. The highest BCUT2D eigenvalue weighted by Crippen LogP contribution is 2.12. The summed E-state index contributed by atoms with van der Waals surface area (Å²) in [6, 6.07) is 7.91. The second-order valence-electron chi connectivity index (χ2n) is 4.27. The number of rotatable bonds is 3. The van der Waals surface area contributed by atoms with E-state index < -0.39 is 0 Å². The van der Waals surface area contributed by atoms with Crippen molar-refractivity contribution < 1.29 is 4.79 Å². The van der Waals surface area contributed by atoms with Gasteiger partial charge >= 0.3 is 0 Å². The van der Waals surface area contributed by atoms with Crippen LogP contribution in [-0.4, -0.2) is 39.1 Å². The Morgan fingerprint density at radius 3 is 2.38 bits per heavy atom. The lowest BCUT2D eigenvalue weighted by atomic mass is 10.1. The van der Waals surface area contributed by atoms with Gasteiger partial charge in [-0.3, -0.25) is 4.79 Å². The number of hydrogen-bond donors (Lipinski definition) is 2. The van der Waals surface area contributed by atoms with Crippen LogP contribution in [0.15, 0.2) is 24.3 Å². The summed E-state index contributed by atoms with van der Waals surface area (Å²) < 4.78 is 0. The molecular formula is C12H17N3O. The summed E-state index contributed by atoms with van der Waals surface area (Å²) in [5, 5.41) is 6.09. The Bertz CT molecular complexity index is 368. The molecule has 1 amide bonds. The van der Waals surface area contributed by atoms with Crippen molar-refractivity contribution in [3.05, 3.63) is 29.8 Å². The lowest BCUT2D eigenvalue weighted by molar-refractivity contribution is 0.0924. The molecule has 0 atom stereocenters. The Kier molecular flexibility index (Phi) is 3.10. The van der Waals surface area contributed by atoms with Gasteiger partial charge in [0.05, 0.1) is 6.04 Å². The number of anilines is 1. The summed E-state index contributed by atoms with van der Waals surface area (Å²) in [6.45, 7) is 1.75. The van der Waals surface area contributed by atoms with Crippen LogP contribution in [0.25, 0.3) is 0 Å². The largest absolute Gasteiger partial charge is 0.378 e. The molecule has 0 radical (unpaired) electrons. The third-order valence-corrected chi connectivity index (χ3v) is 2.76. The Balaban J connectivity index is 2.00. The summed E-state index contributed by atoms with van der Waals surface area (Å²) >= 11 is 0. The van der Waals surface area contributed by atoms with Gasteiger partial charge in [-0.2, -0.15) is 0 Å². The molecule has 1 aliphatic heterocycles. The van der Waals surface area contributed by atoms with Crippen LogP contribution in [0.2, 0.25) is 0 Å². The number of benzene rings is 1. The van der Waals surface area contributed by atoms with Gasteiger partial charge in [-0.15, -0.1) is 0 Å². The Labute approximate surface area is 95.6 Å². The number of carbonyl (C=O) groups excluding carboxylic acids is 1. The maximum atomic E-state index is 11.8. The zero-order valence-corrected chi connectivity index (χ0v) is 9.66. The van der Waals surface area contributed by atoms with E-state index in [0.29, 0.717) is 6.04 Å². The van der Waals surface area contributed by atoms with E-state index in [0.717, 1.165) is 24.3 Å². The van der Waals surface area contributed by atoms with Crippen molar-refractivity contribution in [3.8, 4) is 0 Å². The molecular weight excluding hydrogens is 202 g/mol. The van der Waals surface area contributed by atoms with E-state index >= 15 is 0 Å². The second kappa shape index (κ2) is 4.53. The molecule has 16 heavy (non-hydrogen) atoms. The van der Waals surface area contributed by atoms with Gasteiger partial charge in [0.25, 0.3) is 5.91 Å². The molecule has 1 aromatic carbocycles. The third kappa shape index (κ3) is 2.33. The van der Waals surface area contributed by atoms with Crippen molar-refractivity contribution in [2.75, 3.05) is 32.1 Å². The Morgan fingerprint density at radius 1 is 1.31 bits per heavy atom.